The molecule has 0 aliphatic carbocycles. The molecule has 0 bridgehead atoms. The first-order valence-corrected chi connectivity index (χ1v) is 9.95. The first-order valence-electron chi connectivity index (χ1n) is 8.51. The molecule has 2 saturated heterocycles. The summed E-state index contributed by atoms with van der Waals surface area (Å²) in [5.74, 6) is 0. The number of nitro benzene ring substituents is 1. The number of nitrogens with one attached hydrogen (secondary N) is 1. The molecule has 3 rings (SSSR count). The Labute approximate surface area is 160 Å². The maximum absolute atomic E-state index is 13.0. The second kappa shape index (κ2) is 8.18. The molecule has 1 atom stereocenters. The van der Waals surface area contributed by atoms with Crippen LogP contribution in [0.25, 0.3) is 0 Å². The number of nitro groups is 1. The summed E-state index contributed by atoms with van der Waals surface area (Å²) in [4.78, 5) is 12.8. The molecule has 8 nitrogen and oxygen atoms in total. The minimum Gasteiger partial charge on any atom is -0.315 e. The van der Waals surface area contributed by atoms with Crippen LogP contribution in [-0.4, -0.2) is 67.9 Å². The molecule has 146 valence electrons. The lowest BCUT2D eigenvalue weighted by Gasteiger charge is -2.37. The van der Waals surface area contributed by atoms with Crippen molar-refractivity contribution in [3.8, 4) is 0 Å². The minimum absolute atomic E-state index is 0. The third kappa shape index (κ3) is 4.01. The fourth-order valence-electron chi connectivity index (χ4n) is 3.52. The van der Waals surface area contributed by atoms with E-state index in [-0.39, 0.29) is 23.0 Å². The molecule has 1 N–H and O–H groups in total. The van der Waals surface area contributed by atoms with Crippen LogP contribution in [0.4, 0.5) is 5.69 Å². The van der Waals surface area contributed by atoms with Gasteiger partial charge in [0.2, 0.25) is 10.0 Å². The molecule has 1 aromatic rings. The predicted molar refractivity (Wildman–Crippen MR) is 101 cm³/mol. The fraction of sp³-hybridized carbons (Fsp3) is 0.625. The first kappa shape index (κ1) is 21.0. The molecule has 2 aliphatic rings. The maximum atomic E-state index is 13.0. The Morgan fingerprint density at radius 3 is 2.31 bits per heavy atom. The molecular weight excluding hydrogens is 380 g/mol. The Kier molecular flexibility index (Phi) is 6.62. The molecule has 0 radical (unpaired) electrons. The van der Waals surface area contributed by atoms with E-state index in [0.717, 1.165) is 25.1 Å². The third-order valence-electron chi connectivity index (χ3n) is 5.21. The smallest absolute Gasteiger partial charge is 0.289 e. The molecule has 1 aromatic carbocycles. The van der Waals surface area contributed by atoms with Crippen molar-refractivity contribution in [2.45, 2.75) is 31.2 Å². The van der Waals surface area contributed by atoms with Crippen LogP contribution in [-0.2, 0) is 10.0 Å². The van der Waals surface area contributed by atoms with E-state index < -0.39 is 14.9 Å². The Hall–Kier alpha value is -1.26. The van der Waals surface area contributed by atoms with E-state index in [2.05, 4.69) is 10.2 Å². The summed E-state index contributed by atoms with van der Waals surface area (Å²) in [6.45, 7) is 7.49. The van der Waals surface area contributed by atoms with Crippen LogP contribution in [0.5, 0.6) is 0 Å². The van der Waals surface area contributed by atoms with Crippen LogP contribution in [0.15, 0.2) is 17.0 Å². The molecule has 2 aliphatic heterocycles. The summed E-state index contributed by atoms with van der Waals surface area (Å²) in [6.07, 6.45) is 1.08. The van der Waals surface area contributed by atoms with Gasteiger partial charge in [-0.3, -0.25) is 15.0 Å². The van der Waals surface area contributed by atoms with Crippen molar-refractivity contribution < 1.29 is 13.3 Å². The van der Waals surface area contributed by atoms with E-state index in [0.29, 0.717) is 37.8 Å². The van der Waals surface area contributed by atoms with Gasteiger partial charge >= 0.3 is 0 Å². The van der Waals surface area contributed by atoms with Crippen LogP contribution in [0.2, 0.25) is 0 Å². The van der Waals surface area contributed by atoms with Gasteiger partial charge in [0, 0.05) is 44.8 Å². The lowest BCUT2D eigenvalue weighted by molar-refractivity contribution is -0.387. The van der Waals surface area contributed by atoms with Crippen LogP contribution in [0.1, 0.15) is 17.5 Å². The summed E-state index contributed by atoms with van der Waals surface area (Å²) in [6, 6.07) is 3.24. The van der Waals surface area contributed by atoms with Crippen molar-refractivity contribution >= 4 is 28.1 Å². The zero-order valence-electron chi connectivity index (χ0n) is 15.0. The maximum Gasteiger partial charge on any atom is 0.289 e. The van der Waals surface area contributed by atoms with Crippen LogP contribution >= 0.6 is 12.4 Å². The number of hydrogen-bond acceptors (Lipinski definition) is 6. The normalized spacial score (nSPS) is 22.2. The number of hydrogen-bond donors (Lipinski definition) is 1. The average Bonchev–Trinajstić information content (AvgIpc) is 3.11. The molecule has 0 amide bonds. The van der Waals surface area contributed by atoms with Gasteiger partial charge in [0.25, 0.3) is 5.69 Å². The van der Waals surface area contributed by atoms with Crippen LogP contribution < -0.4 is 5.32 Å². The molecule has 0 saturated carbocycles. The van der Waals surface area contributed by atoms with E-state index in [1.807, 2.05) is 0 Å². The van der Waals surface area contributed by atoms with Gasteiger partial charge in [-0.05, 0) is 44.0 Å². The van der Waals surface area contributed by atoms with Crippen molar-refractivity contribution in [2.24, 2.45) is 0 Å². The van der Waals surface area contributed by atoms with Crippen molar-refractivity contribution in [3.63, 3.8) is 0 Å². The number of sulfonamides is 1. The Morgan fingerprint density at radius 1 is 1.15 bits per heavy atom. The summed E-state index contributed by atoms with van der Waals surface area (Å²) in [5, 5.41) is 14.7. The number of halogens is 1. The highest BCUT2D eigenvalue weighted by molar-refractivity contribution is 7.89. The van der Waals surface area contributed by atoms with Gasteiger partial charge < -0.3 is 5.32 Å². The van der Waals surface area contributed by atoms with Gasteiger partial charge in [0.05, 0.1) is 4.92 Å². The molecule has 26 heavy (non-hydrogen) atoms. The van der Waals surface area contributed by atoms with E-state index in [1.54, 1.807) is 13.8 Å². The standard InChI is InChI=1S/C16H24N4O4S.ClH/c1-12-9-15(20(21)22)16(10-13(12)2)25(23,24)19-7-5-18(6-8-19)14-3-4-17-11-14;/h9-10,14,17H,3-8,11H2,1-2H3;1H. The zero-order valence-corrected chi connectivity index (χ0v) is 16.6. The second-order valence-corrected chi connectivity index (χ2v) is 8.65. The summed E-state index contributed by atoms with van der Waals surface area (Å²) in [5.41, 5.74) is 1.11. The molecular formula is C16H25ClN4O4S. The Balaban J connectivity index is 0.00000243. The van der Waals surface area contributed by atoms with Crippen molar-refractivity contribution in [2.75, 3.05) is 39.3 Å². The van der Waals surface area contributed by atoms with Gasteiger partial charge in [0.15, 0.2) is 4.90 Å². The highest BCUT2D eigenvalue weighted by Crippen LogP contribution is 2.30. The van der Waals surface area contributed by atoms with E-state index in [9.17, 15) is 18.5 Å². The molecule has 1 unspecified atom stereocenters. The average molecular weight is 405 g/mol. The summed E-state index contributed by atoms with van der Waals surface area (Å²) in [7, 11) is -3.87. The fourth-order valence-corrected chi connectivity index (χ4v) is 5.17. The lowest BCUT2D eigenvalue weighted by atomic mass is 10.1. The summed E-state index contributed by atoms with van der Waals surface area (Å²) < 4.78 is 27.4. The topological polar surface area (TPSA) is 95.8 Å². The zero-order chi connectivity index (χ0) is 18.2. The number of piperazine rings is 1. The first-order chi connectivity index (χ1) is 11.8. The predicted octanol–water partition coefficient (Wildman–Crippen LogP) is 1.30. The van der Waals surface area contributed by atoms with E-state index >= 15 is 0 Å². The summed E-state index contributed by atoms with van der Waals surface area (Å²) >= 11 is 0. The SMILES string of the molecule is Cc1cc([N+](=O)[O-])c(S(=O)(=O)N2CCN(C3CCNC3)CC2)cc1C.Cl. The van der Waals surface area contributed by atoms with Gasteiger partial charge in [-0.25, -0.2) is 8.42 Å². The number of rotatable bonds is 4. The van der Waals surface area contributed by atoms with Gasteiger partial charge in [-0.2, -0.15) is 4.31 Å². The second-order valence-electron chi connectivity index (χ2n) is 6.75. The van der Waals surface area contributed by atoms with Gasteiger partial charge in [0.1, 0.15) is 0 Å². The Morgan fingerprint density at radius 2 is 1.77 bits per heavy atom. The monoisotopic (exact) mass is 404 g/mol. The van der Waals surface area contributed by atoms with Crippen LogP contribution in [0, 0.1) is 24.0 Å². The van der Waals surface area contributed by atoms with Crippen molar-refractivity contribution in [3.05, 3.63) is 33.4 Å². The number of aryl methyl sites for hydroxylation is 2. The Bertz CT molecular complexity index is 773. The molecule has 2 heterocycles. The largest absolute Gasteiger partial charge is 0.315 e. The van der Waals surface area contributed by atoms with Gasteiger partial charge in [-0.1, -0.05) is 0 Å². The molecule has 0 spiro atoms. The molecule has 10 heteroatoms. The number of nitrogens with zero attached hydrogens (tertiary/aromatic N) is 3. The third-order valence-corrected chi connectivity index (χ3v) is 7.14. The quantitative estimate of drug-likeness (QED) is 0.600. The highest BCUT2D eigenvalue weighted by Gasteiger charge is 2.35. The lowest BCUT2D eigenvalue weighted by Crippen LogP contribution is -2.52. The van der Waals surface area contributed by atoms with E-state index in [1.165, 1.54) is 16.4 Å². The number of benzene rings is 1. The molecule has 0 aromatic heterocycles. The molecule has 2 fully saturated rings. The van der Waals surface area contributed by atoms with Gasteiger partial charge in [-0.15, -0.1) is 12.4 Å². The van der Waals surface area contributed by atoms with Crippen LogP contribution in [0.3, 0.4) is 0 Å². The van der Waals surface area contributed by atoms with E-state index in [4.69, 9.17) is 0 Å². The van der Waals surface area contributed by atoms with Crippen molar-refractivity contribution in [1.82, 2.24) is 14.5 Å². The minimum atomic E-state index is -3.87. The van der Waals surface area contributed by atoms with Crippen molar-refractivity contribution in [1.29, 1.82) is 0 Å². The highest BCUT2D eigenvalue weighted by atomic mass is 35.5.